The Kier molecular flexibility index (Phi) is 5.35. The fraction of sp³-hybridized carbons (Fsp3) is 0.545. The molecule has 0 saturated carbocycles. The highest BCUT2D eigenvalue weighted by molar-refractivity contribution is 5.42. The number of pyridine rings is 1. The highest BCUT2D eigenvalue weighted by Crippen LogP contribution is 2.13. The normalized spacial score (nSPS) is 10.2. The summed E-state index contributed by atoms with van der Waals surface area (Å²) < 4.78 is 0. The number of nitrogens with zero attached hydrogens (tertiary/aromatic N) is 3. The van der Waals surface area contributed by atoms with Gasteiger partial charge in [-0.15, -0.1) is 0 Å². The molecule has 0 fully saturated rings. The Morgan fingerprint density at radius 2 is 2.24 bits per heavy atom. The van der Waals surface area contributed by atoms with Crippen molar-refractivity contribution in [1.82, 2.24) is 10.3 Å². The highest BCUT2D eigenvalue weighted by Gasteiger charge is 2.07. The van der Waals surface area contributed by atoms with E-state index in [1.807, 2.05) is 11.9 Å². The first-order valence-corrected chi connectivity index (χ1v) is 5.67. The third-order valence-corrected chi connectivity index (χ3v) is 2.38. The van der Waals surface area contributed by atoms with E-state index in [1.165, 1.54) is 12.3 Å². The van der Waals surface area contributed by atoms with E-state index >= 15 is 0 Å². The second-order valence-corrected chi connectivity index (χ2v) is 3.80. The Morgan fingerprint density at radius 3 is 2.76 bits per heavy atom. The molecule has 0 aliphatic heterocycles. The van der Waals surface area contributed by atoms with Crippen molar-refractivity contribution in [2.24, 2.45) is 0 Å². The minimum atomic E-state index is -0.445. The average Bonchev–Trinajstić information content (AvgIpc) is 2.34. The van der Waals surface area contributed by atoms with Crippen molar-refractivity contribution in [2.75, 3.05) is 31.6 Å². The lowest BCUT2D eigenvalue weighted by molar-refractivity contribution is -0.385. The molecule has 0 aliphatic rings. The number of likely N-dealkylation sites (N-methyl/N-ethyl adjacent to an activating group) is 1. The van der Waals surface area contributed by atoms with Gasteiger partial charge in [0.05, 0.1) is 4.92 Å². The Hall–Kier alpha value is -1.69. The smallest absolute Gasteiger partial charge is 0.287 e. The Labute approximate surface area is 101 Å². The standard InChI is InChI=1S/C11H18N4O2/c1-3-6-12-7-8-14(2)11-5-4-10(9-13-11)15(16)17/h4-5,9,12H,3,6-8H2,1-2H3. The van der Waals surface area contributed by atoms with Crippen LogP contribution in [0.4, 0.5) is 11.5 Å². The SMILES string of the molecule is CCCNCCN(C)c1ccc([N+](=O)[O-])cn1. The molecule has 0 aliphatic carbocycles. The summed E-state index contributed by atoms with van der Waals surface area (Å²) in [6.07, 6.45) is 2.39. The van der Waals surface area contributed by atoms with Crippen molar-refractivity contribution >= 4 is 11.5 Å². The van der Waals surface area contributed by atoms with Gasteiger partial charge in [-0.2, -0.15) is 0 Å². The molecule has 0 spiro atoms. The molecule has 0 saturated heterocycles. The zero-order chi connectivity index (χ0) is 12.7. The number of aromatic nitrogens is 1. The molecule has 1 heterocycles. The summed E-state index contributed by atoms with van der Waals surface area (Å²) >= 11 is 0. The van der Waals surface area contributed by atoms with Gasteiger partial charge in [0.1, 0.15) is 12.0 Å². The zero-order valence-electron chi connectivity index (χ0n) is 10.2. The molecule has 1 aromatic rings. The predicted molar refractivity (Wildman–Crippen MR) is 67.3 cm³/mol. The van der Waals surface area contributed by atoms with Crippen molar-refractivity contribution < 1.29 is 4.92 Å². The average molecular weight is 238 g/mol. The second-order valence-electron chi connectivity index (χ2n) is 3.80. The van der Waals surface area contributed by atoms with Crippen LogP contribution in [0.25, 0.3) is 0 Å². The van der Waals surface area contributed by atoms with Crippen LogP contribution in [-0.2, 0) is 0 Å². The molecule has 0 unspecified atom stereocenters. The van der Waals surface area contributed by atoms with E-state index in [-0.39, 0.29) is 5.69 Å². The van der Waals surface area contributed by atoms with Gasteiger partial charge in [-0.05, 0) is 19.0 Å². The fourth-order valence-corrected chi connectivity index (χ4v) is 1.38. The highest BCUT2D eigenvalue weighted by atomic mass is 16.6. The number of hydrogen-bond acceptors (Lipinski definition) is 5. The number of rotatable bonds is 7. The van der Waals surface area contributed by atoms with Crippen molar-refractivity contribution in [3.8, 4) is 0 Å². The molecule has 94 valence electrons. The van der Waals surface area contributed by atoms with E-state index in [1.54, 1.807) is 6.07 Å². The summed E-state index contributed by atoms with van der Waals surface area (Å²) in [4.78, 5) is 16.0. The molecule has 0 aromatic carbocycles. The van der Waals surface area contributed by atoms with Crippen LogP contribution in [0.15, 0.2) is 18.3 Å². The van der Waals surface area contributed by atoms with Gasteiger partial charge in [-0.3, -0.25) is 10.1 Å². The van der Waals surface area contributed by atoms with Crippen LogP contribution in [-0.4, -0.2) is 36.6 Å². The summed E-state index contributed by atoms with van der Waals surface area (Å²) in [5, 5.41) is 13.8. The van der Waals surface area contributed by atoms with Crippen molar-refractivity contribution in [1.29, 1.82) is 0 Å². The Balaban J connectivity index is 2.46. The minimum Gasteiger partial charge on any atom is -0.358 e. The molecular weight excluding hydrogens is 220 g/mol. The summed E-state index contributed by atoms with van der Waals surface area (Å²) in [7, 11) is 1.92. The number of nitro groups is 1. The third kappa shape index (κ3) is 4.36. The van der Waals surface area contributed by atoms with E-state index in [2.05, 4.69) is 17.2 Å². The lowest BCUT2D eigenvalue weighted by atomic mass is 10.4. The fourth-order valence-electron chi connectivity index (χ4n) is 1.38. The van der Waals surface area contributed by atoms with Crippen LogP contribution in [0.2, 0.25) is 0 Å². The van der Waals surface area contributed by atoms with Gasteiger partial charge in [-0.1, -0.05) is 6.92 Å². The summed E-state index contributed by atoms with van der Waals surface area (Å²) in [5.74, 6) is 0.744. The number of anilines is 1. The topological polar surface area (TPSA) is 71.3 Å². The molecule has 6 nitrogen and oxygen atoms in total. The largest absolute Gasteiger partial charge is 0.358 e. The molecule has 0 amide bonds. The van der Waals surface area contributed by atoms with Crippen LogP contribution >= 0.6 is 0 Å². The predicted octanol–water partition coefficient (Wildman–Crippen LogP) is 1.43. The van der Waals surface area contributed by atoms with Gasteiger partial charge in [0, 0.05) is 26.2 Å². The first-order chi connectivity index (χ1) is 8.15. The van der Waals surface area contributed by atoms with Gasteiger partial charge in [0.2, 0.25) is 0 Å². The second kappa shape index (κ2) is 6.80. The van der Waals surface area contributed by atoms with Crippen molar-refractivity contribution in [2.45, 2.75) is 13.3 Å². The molecule has 0 bridgehead atoms. The van der Waals surface area contributed by atoms with Crippen LogP contribution in [0.1, 0.15) is 13.3 Å². The Bertz CT molecular complexity index is 353. The number of hydrogen-bond donors (Lipinski definition) is 1. The van der Waals surface area contributed by atoms with E-state index in [9.17, 15) is 10.1 Å². The maximum absolute atomic E-state index is 10.5. The van der Waals surface area contributed by atoms with Crippen LogP contribution < -0.4 is 10.2 Å². The van der Waals surface area contributed by atoms with Crippen molar-refractivity contribution in [3.63, 3.8) is 0 Å². The van der Waals surface area contributed by atoms with E-state index in [4.69, 9.17) is 0 Å². The van der Waals surface area contributed by atoms with Gasteiger partial charge < -0.3 is 10.2 Å². The molecular formula is C11H18N4O2. The van der Waals surface area contributed by atoms with Gasteiger partial charge >= 0.3 is 0 Å². The van der Waals surface area contributed by atoms with Crippen LogP contribution in [0.3, 0.4) is 0 Å². The molecule has 1 rings (SSSR count). The molecule has 17 heavy (non-hydrogen) atoms. The van der Waals surface area contributed by atoms with Crippen molar-refractivity contribution in [3.05, 3.63) is 28.4 Å². The summed E-state index contributed by atoms with van der Waals surface area (Å²) in [6, 6.07) is 3.14. The van der Waals surface area contributed by atoms with E-state index < -0.39 is 4.92 Å². The first-order valence-electron chi connectivity index (χ1n) is 5.67. The third-order valence-electron chi connectivity index (χ3n) is 2.38. The molecule has 6 heteroatoms. The monoisotopic (exact) mass is 238 g/mol. The number of nitrogens with one attached hydrogen (secondary N) is 1. The molecule has 0 radical (unpaired) electrons. The summed E-state index contributed by atoms with van der Waals surface area (Å²) in [6.45, 7) is 4.82. The molecule has 0 atom stereocenters. The zero-order valence-corrected chi connectivity index (χ0v) is 10.2. The van der Waals surface area contributed by atoms with Gasteiger partial charge in [0.25, 0.3) is 5.69 Å². The van der Waals surface area contributed by atoms with Crippen LogP contribution in [0, 0.1) is 10.1 Å². The van der Waals surface area contributed by atoms with E-state index in [0.29, 0.717) is 0 Å². The van der Waals surface area contributed by atoms with Gasteiger partial charge in [-0.25, -0.2) is 4.98 Å². The molecule has 1 aromatic heterocycles. The maximum atomic E-state index is 10.5. The van der Waals surface area contributed by atoms with Crippen LogP contribution in [0.5, 0.6) is 0 Å². The summed E-state index contributed by atoms with van der Waals surface area (Å²) in [5.41, 5.74) is 0.0197. The first kappa shape index (κ1) is 13.4. The maximum Gasteiger partial charge on any atom is 0.287 e. The van der Waals surface area contributed by atoms with E-state index in [0.717, 1.165) is 31.9 Å². The lowest BCUT2D eigenvalue weighted by Crippen LogP contribution is -2.29. The minimum absolute atomic E-state index is 0.0197. The quantitative estimate of drug-likeness (QED) is 0.442. The van der Waals surface area contributed by atoms with Gasteiger partial charge in [0.15, 0.2) is 0 Å². The Morgan fingerprint density at radius 1 is 1.47 bits per heavy atom. The molecule has 1 N–H and O–H groups in total. The lowest BCUT2D eigenvalue weighted by Gasteiger charge is -2.17.